The highest BCUT2D eigenvalue weighted by molar-refractivity contribution is 6.29. The molecule has 1 aromatic heterocycles. The average molecular weight is 246 g/mol. The van der Waals surface area contributed by atoms with Crippen molar-refractivity contribution in [3.05, 3.63) is 41.0 Å². The van der Waals surface area contributed by atoms with Crippen LogP contribution in [0.15, 0.2) is 30.3 Å². The molecule has 0 aliphatic carbocycles. The highest BCUT2D eigenvalue weighted by Crippen LogP contribution is 2.26. The Balaban J connectivity index is 2.54. The second kappa shape index (κ2) is 3.94. The molecule has 16 heavy (non-hydrogen) atoms. The lowest BCUT2D eigenvalue weighted by Gasteiger charge is -2.09. The minimum absolute atomic E-state index is 0.217. The van der Waals surface area contributed by atoms with Gasteiger partial charge in [0, 0.05) is 5.39 Å². The van der Waals surface area contributed by atoms with Crippen molar-refractivity contribution in [1.82, 2.24) is 4.98 Å². The predicted octanol–water partition coefficient (Wildman–Crippen LogP) is 3.99. The lowest BCUT2D eigenvalue weighted by Crippen LogP contribution is -2.11. The molecule has 1 heterocycles. The Bertz CT molecular complexity index is 522. The van der Waals surface area contributed by atoms with Crippen LogP contribution in [0.4, 0.5) is 13.2 Å². The number of nitrogens with zero attached hydrogens (tertiary/aromatic N) is 1. The summed E-state index contributed by atoms with van der Waals surface area (Å²) in [7, 11) is 0. The molecule has 0 aliphatic heterocycles. The minimum Gasteiger partial charge on any atom is -0.236 e. The fourth-order valence-electron chi connectivity index (χ4n) is 1.56. The van der Waals surface area contributed by atoms with Crippen molar-refractivity contribution in [3.8, 4) is 0 Å². The van der Waals surface area contributed by atoms with Gasteiger partial charge in [0.2, 0.25) is 0 Å². The molecule has 0 radical (unpaired) electrons. The molecule has 0 aliphatic rings. The van der Waals surface area contributed by atoms with Crippen LogP contribution in [0.1, 0.15) is 5.56 Å². The third-order valence-corrected chi connectivity index (χ3v) is 2.39. The van der Waals surface area contributed by atoms with E-state index in [1.165, 1.54) is 12.1 Å². The van der Waals surface area contributed by atoms with Crippen molar-refractivity contribution in [1.29, 1.82) is 0 Å². The van der Waals surface area contributed by atoms with Crippen LogP contribution in [0.3, 0.4) is 0 Å². The Hall–Kier alpha value is -1.29. The SMILES string of the molecule is FC(F)(F)Cc1cccc2nc(Cl)ccc12. The van der Waals surface area contributed by atoms with Crippen LogP contribution in [-0.2, 0) is 6.42 Å². The zero-order valence-corrected chi connectivity index (χ0v) is 8.81. The van der Waals surface area contributed by atoms with Crippen molar-refractivity contribution in [2.45, 2.75) is 12.6 Å². The lowest BCUT2D eigenvalue weighted by atomic mass is 10.1. The lowest BCUT2D eigenvalue weighted by molar-refractivity contribution is -0.126. The van der Waals surface area contributed by atoms with Crippen molar-refractivity contribution in [2.75, 3.05) is 0 Å². The van der Waals surface area contributed by atoms with Crippen LogP contribution in [0.5, 0.6) is 0 Å². The summed E-state index contributed by atoms with van der Waals surface area (Å²) >= 11 is 5.67. The van der Waals surface area contributed by atoms with Gasteiger partial charge < -0.3 is 0 Å². The Labute approximate surface area is 94.9 Å². The Morgan fingerprint density at radius 2 is 1.88 bits per heavy atom. The van der Waals surface area contributed by atoms with Gasteiger partial charge in [0.15, 0.2) is 0 Å². The summed E-state index contributed by atoms with van der Waals surface area (Å²) in [6.45, 7) is 0. The molecule has 2 rings (SSSR count). The van der Waals surface area contributed by atoms with Gasteiger partial charge in [0.05, 0.1) is 11.9 Å². The minimum atomic E-state index is -4.21. The van der Waals surface area contributed by atoms with Gasteiger partial charge >= 0.3 is 6.18 Å². The molecule has 2 aromatic rings. The first kappa shape index (κ1) is 11.2. The van der Waals surface area contributed by atoms with E-state index in [9.17, 15) is 13.2 Å². The van der Waals surface area contributed by atoms with Gasteiger partial charge in [-0.25, -0.2) is 4.98 Å². The summed E-state index contributed by atoms with van der Waals surface area (Å²) in [5, 5.41) is 0.765. The second-order valence-corrected chi connectivity index (χ2v) is 3.80. The highest BCUT2D eigenvalue weighted by atomic mass is 35.5. The molecule has 1 aromatic carbocycles. The van der Waals surface area contributed by atoms with Crippen LogP contribution in [-0.4, -0.2) is 11.2 Å². The van der Waals surface area contributed by atoms with E-state index in [1.54, 1.807) is 18.2 Å². The van der Waals surface area contributed by atoms with Crippen molar-refractivity contribution in [2.24, 2.45) is 0 Å². The van der Waals surface area contributed by atoms with Crippen molar-refractivity contribution < 1.29 is 13.2 Å². The summed E-state index contributed by atoms with van der Waals surface area (Å²) in [6.07, 6.45) is -5.17. The number of pyridine rings is 1. The van der Waals surface area contributed by atoms with E-state index >= 15 is 0 Å². The third-order valence-electron chi connectivity index (χ3n) is 2.18. The summed E-state index contributed by atoms with van der Waals surface area (Å²) < 4.78 is 36.9. The van der Waals surface area contributed by atoms with Crippen LogP contribution in [0.2, 0.25) is 5.15 Å². The van der Waals surface area contributed by atoms with E-state index in [1.807, 2.05) is 0 Å². The van der Waals surface area contributed by atoms with E-state index in [0.29, 0.717) is 10.9 Å². The van der Waals surface area contributed by atoms with Gasteiger partial charge in [-0.3, -0.25) is 0 Å². The molecule has 0 unspecified atom stereocenters. The topological polar surface area (TPSA) is 12.9 Å². The molecule has 1 nitrogen and oxygen atoms in total. The Kier molecular flexibility index (Phi) is 2.76. The molecule has 0 bridgehead atoms. The van der Waals surface area contributed by atoms with E-state index in [-0.39, 0.29) is 10.7 Å². The fraction of sp³-hybridized carbons (Fsp3) is 0.182. The summed E-state index contributed by atoms with van der Waals surface area (Å²) in [5.41, 5.74) is 0.698. The molecule has 0 saturated carbocycles. The molecule has 0 saturated heterocycles. The molecule has 0 amide bonds. The molecular formula is C11H7ClF3N. The summed E-state index contributed by atoms with van der Waals surface area (Å²) in [6, 6.07) is 7.69. The quantitative estimate of drug-likeness (QED) is 0.692. The van der Waals surface area contributed by atoms with Gasteiger partial charge in [0.1, 0.15) is 5.15 Å². The fourth-order valence-corrected chi connectivity index (χ4v) is 1.72. The predicted molar refractivity (Wildman–Crippen MR) is 56.5 cm³/mol. The van der Waals surface area contributed by atoms with Crippen LogP contribution < -0.4 is 0 Å². The summed E-state index contributed by atoms with van der Waals surface area (Å²) in [5.74, 6) is 0. The monoisotopic (exact) mass is 245 g/mol. The number of benzene rings is 1. The van der Waals surface area contributed by atoms with Crippen molar-refractivity contribution >= 4 is 22.5 Å². The molecule has 0 spiro atoms. The first-order valence-corrected chi connectivity index (χ1v) is 4.94. The van der Waals surface area contributed by atoms with E-state index in [2.05, 4.69) is 4.98 Å². The second-order valence-electron chi connectivity index (χ2n) is 3.41. The maximum Gasteiger partial charge on any atom is 0.393 e. The first-order chi connectivity index (χ1) is 7.46. The number of aromatic nitrogens is 1. The number of fused-ring (bicyclic) bond motifs is 1. The van der Waals surface area contributed by atoms with Crippen LogP contribution in [0.25, 0.3) is 10.9 Å². The maximum atomic E-state index is 12.3. The highest BCUT2D eigenvalue weighted by Gasteiger charge is 2.28. The normalized spacial score (nSPS) is 12.0. The van der Waals surface area contributed by atoms with Gasteiger partial charge in [-0.05, 0) is 23.8 Å². The summed E-state index contributed by atoms with van der Waals surface area (Å²) in [4.78, 5) is 3.96. The number of alkyl halides is 3. The average Bonchev–Trinajstić information content (AvgIpc) is 2.15. The number of rotatable bonds is 1. The van der Waals surface area contributed by atoms with Gasteiger partial charge in [-0.2, -0.15) is 13.2 Å². The molecule has 5 heteroatoms. The smallest absolute Gasteiger partial charge is 0.236 e. The van der Waals surface area contributed by atoms with E-state index in [4.69, 9.17) is 11.6 Å². The third kappa shape index (κ3) is 2.44. The standard InChI is InChI=1S/C11H7ClF3N/c12-10-5-4-8-7(6-11(13,14)15)2-1-3-9(8)16-10/h1-5H,6H2. The Morgan fingerprint density at radius 3 is 2.56 bits per heavy atom. The molecule has 0 N–H and O–H groups in total. The van der Waals surface area contributed by atoms with E-state index < -0.39 is 12.6 Å². The molecule has 0 fully saturated rings. The molecule has 0 atom stereocenters. The van der Waals surface area contributed by atoms with Gasteiger partial charge in [0.25, 0.3) is 0 Å². The molecule has 84 valence electrons. The number of hydrogen-bond acceptors (Lipinski definition) is 1. The van der Waals surface area contributed by atoms with Crippen LogP contribution in [0, 0.1) is 0 Å². The van der Waals surface area contributed by atoms with Crippen molar-refractivity contribution in [3.63, 3.8) is 0 Å². The number of halogens is 4. The zero-order valence-electron chi connectivity index (χ0n) is 8.05. The number of hydrogen-bond donors (Lipinski definition) is 0. The molecular weight excluding hydrogens is 239 g/mol. The van der Waals surface area contributed by atoms with Gasteiger partial charge in [-0.1, -0.05) is 23.7 Å². The zero-order chi connectivity index (χ0) is 11.8. The largest absolute Gasteiger partial charge is 0.393 e. The van der Waals surface area contributed by atoms with Gasteiger partial charge in [-0.15, -0.1) is 0 Å². The van der Waals surface area contributed by atoms with E-state index in [0.717, 1.165) is 0 Å². The Morgan fingerprint density at radius 1 is 1.12 bits per heavy atom. The first-order valence-electron chi connectivity index (χ1n) is 4.56. The maximum absolute atomic E-state index is 12.3. The van der Waals surface area contributed by atoms with Crippen LogP contribution >= 0.6 is 11.6 Å².